The molecule has 0 bridgehead atoms. The van der Waals surface area contributed by atoms with Gasteiger partial charge in [-0.05, 0) is 24.6 Å². The molecule has 0 unspecified atom stereocenters. The first-order chi connectivity index (χ1) is 8.93. The maximum atomic E-state index is 11.2. The van der Waals surface area contributed by atoms with Gasteiger partial charge in [0.25, 0.3) is 0 Å². The van der Waals surface area contributed by atoms with Gasteiger partial charge in [0.05, 0.1) is 18.1 Å². The summed E-state index contributed by atoms with van der Waals surface area (Å²) in [5.74, 6) is 0. The Morgan fingerprint density at radius 2 is 2.05 bits per heavy atom. The van der Waals surface area contributed by atoms with Crippen molar-refractivity contribution in [1.82, 2.24) is 0 Å². The van der Waals surface area contributed by atoms with E-state index in [-0.39, 0.29) is 4.90 Å². The van der Waals surface area contributed by atoms with E-state index in [0.717, 1.165) is 6.42 Å². The highest BCUT2D eigenvalue weighted by molar-refractivity contribution is 7.89. The molecule has 0 saturated heterocycles. The van der Waals surface area contributed by atoms with E-state index in [0.29, 0.717) is 31.1 Å². The standard InChI is InChI=1S/C12H19N3O3S/c1-2-3-5-18-6-4-15-11-7-10(13)8-12(9-11)19(14,16)17/h2,7-9,15H,1,3-6,13H2,(H2,14,16,17). The Hall–Kier alpha value is -1.57. The van der Waals surface area contributed by atoms with Crippen molar-refractivity contribution in [3.63, 3.8) is 0 Å². The van der Waals surface area contributed by atoms with E-state index >= 15 is 0 Å². The average molecular weight is 285 g/mol. The van der Waals surface area contributed by atoms with Gasteiger partial charge in [-0.15, -0.1) is 6.58 Å². The maximum Gasteiger partial charge on any atom is 0.238 e. The van der Waals surface area contributed by atoms with Crippen LogP contribution in [0.5, 0.6) is 0 Å². The second-order valence-electron chi connectivity index (χ2n) is 3.95. The van der Waals surface area contributed by atoms with Crippen LogP contribution in [0, 0.1) is 0 Å². The number of ether oxygens (including phenoxy) is 1. The molecule has 1 rings (SSSR count). The van der Waals surface area contributed by atoms with Crippen molar-refractivity contribution in [1.29, 1.82) is 0 Å². The molecule has 0 aliphatic rings. The van der Waals surface area contributed by atoms with Crippen LogP contribution in [0.15, 0.2) is 35.7 Å². The van der Waals surface area contributed by atoms with E-state index in [1.807, 2.05) is 0 Å². The molecular weight excluding hydrogens is 266 g/mol. The fraction of sp³-hybridized carbons (Fsp3) is 0.333. The Morgan fingerprint density at radius 1 is 1.32 bits per heavy atom. The minimum absolute atomic E-state index is 0.0115. The summed E-state index contributed by atoms with van der Waals surface area (Å²) in [4.78, 5) is -0.0115. The third-order valence-electron chi connectivity index (χ3n) is 2.30. The van der Waals surface area contributed by atoms with Gasteiger partial charge < -0.3 is 15.8 Å². The predicted octanol–water partition coefficient (Wildman–Crippen LogP) is 0.921. The fourth-order valence-corrected chi connectivity index (χ4v) is 2.02. The number of hydrogen-bond donors (Lipinski definition) is 3. The second-order valence-corrected chi connectivity index (χ2v) is 5.51. The van der Waals surface area contributed by atoms with Crippen LogP contribution in [-0.4, -0.2) is 28.2 Å². The van der Waals surface area contributed by atoms with Crippen LogP contribution < -0.4 is 16.2 Å². The summed E-state index contributed by atoms with van der Waals surface area (Å²) in [6.07, 6.45) is 2.58. The molecule has 106 valence electrons. The first kappa shape index (κ1) is 15.5. The normalized spacial score (nSPS) is 11.2. The highest BCUT2D eigenvalue weighted by atomic mass is 32.2. The van der Waals surface area contributed by atoms with Crippen molar-refractivity contribution >= 4 is 21.4 Å². The van der Waals surface area contributed by atoms with Gasteiger partial charge in [-0.1, -0.05) is 6.08 Å². The zero-order valence-corrected chi connectivity index (χ0v) is 11.4. The molecule has 0 aliphatic carbocycles. The summed E-state index contributed by atoms with van der Waals surface area (Å²) < 4.78 is 27.8. The number of hydrogen-bond acceptors (Lipinski definition) is 5. The molecule has 19 heavy (non-hydrogen) atoms. The molecule has 7 heteroatoms. The highest BCUT2D eigenvalue weighted by Crippen LogP contribution is 2.19. The van der Waals surface area contributed by atoms with Crippen molar-refractivity contribution in [2.45, 2.75) is 11.3 Å². The van der Waals surface area contributed by atoms with Gasteiger partial charge in [-0.2, -0.15) is 0 Å². The van der Waals surface area contributed by atoms with Crippen LogP contribution in [-0.2, 0) is 14.8 Å². The van der Waals surface area contributed by atoms with E-state index < -0.39 is 10.0 Å². The van der Waals surface area contributed by atoms with Gasteiger partial charge in [0.15, 0.2) is 0 Å². The first-order valence-corrected chi connectivity index (χ1v) is 7.34. The second kappa shape index (κ2) is 7.13. The number of nitrogen functional groups attached to an aromatic ring is 1. The molecule has 0 radical (unpaired) electrons. The molecule has 1 aromatic carbocycles. The molecule has 0 atom stereocenters. The minimum atomic E-state index is -3.75. The summed E-state index contributed by atoms with van der Waals surface area (Å²) in [5.41, 5.74) is 6.55. The smallest absolute Gasteiger partial charge is 0.238 e. The Labute approximate surface area is 113 Å². The number of primary sulfonamides is 1. The van der Waals surface area contributed by atoms with E-state index in [1.165, 1.54) is 12.1 Å². The number of nitrogens with one attached hydrogen (secondary N) is 1. The van der Waals surface area contributed by atoms with Crippen LogP contribution in [0.2, 0.25) is 0 Å². The lowest BCUT2D eigenvalue weighted by atomic mass is 10.3. The monoisotopic (exact) mass is 285 g/mol. The van der Waals surface area contributed by atoms with Gasteiger partial charge >= 0.3 is 0 Å². The molecule has 0 amide bonds. The van der Waals surface area contributed by atoms with Gasteiger partial charge in [0.2, 0.25) is 10.0 Å². The first-order valence-electron chi connectivity index (χ1n) is 5.79. The highest BCUT2D eigenvalue weighted by Gasteiger charge is 2.09. The Morgan fingerprint density at radius 3 is 2.68 bits per heavy atom. The lowest BCUT2D eigenvalue weighted by Crippen LogP contribution is -2.14. The molecule has 0 heterocycles. The predicted molar refractivity (Wildman–Crippen MR) is 76.4 cm³/mol. The van der Waals surface area contributed by atoms with E-state index in [9.17, 15) is 8.42 Å². The van der Waals surface area contributed by atoms with Crippen LogP contribution in [0.3, 0.4) is 0 Å². The van der Waals surface area contributed by atoms with Gasteiger partial charge in [-0.3, -0.25) is 0 Å². The lowest BCUT2D eigenvalue weighted by Gasteiger charge is -2.09. The van der Waals surface area contributed by atoms with E-state index in [2.05, 4.69) is 11.9 Å². The zero-order chi connectivity index (χ0) is 14.3. The molecule has 6 nitrogen and oxygen atoms in total. The van der Waals surface area contributed by atoms with Crippen LogP contribution >= 0.6 is 0 Å². The molecule has 0 aliphatic heterocycles. The number of rotatable bonds is 8. The quantitative estimate of drug-likeness (QED) is 0.374. The summed E-state index contributed by atoms with van der Waals surface area (Å²) in [5, 5.41) is 8.08. The van der Waals surface area contributed by atoms with E-state index in [1.54, 1.807) is 12.1 Å². The van der Waals surface area contributed by atoms with Crippen LogP contribution in [0.4, 0.5) is 11.4 Å². The molecule has 0 aromatic heterocycles. The Kier molecular flexibility index (Phi) is 5.81. The van der Waals surface area contributed by atoms with Gasteiger partial charge in [0.1, 0.15) is 0 Å². The van der Waals surface area contributed by atoms with Gasteiger partial charge in [-0.25, -0.2) is 13.6 Å². The van der Waals surface area contributed by atoms with Crippen molar-refractivity contribution in [2.75, 3.05) is 30.8 Å². The number of benzene rings is 1. The van der Waals surface area contributed by atoms with E-state index in [4.69, 9.17) is 15.6 Å². The van der Waals surface area contributed by atoms with Gasteiger partial charge in [0, 0.05) is 17.9 Å². The molecule has 0 saturated carbocycles. The number of sulfonamides is 1. The maximum absolute atomic E-state index is 11.2. The fourth-order valence-electron chi connectivity index (χ4n) is 1.42. The number of anilines is 2. The molecule has 0 spiro atoms. The summed E-state index contributed by atoms with van der Waals surface area (Å²) in [6, 6.07) is 4.40. The molecular formula is C12H19N3O3S. The minimum Gasteiger partial charge on any atom is -0.399 e. The average Bonchev–Trinajstić information content (AvgIpc) is 2.32. The third kappa shape index (κ3) is 5.73. The van der Waals surface area contributed by atoms with Crippen LogP contribution in [0.1, 0.15) is 6.42 Å². The van der Waals surface area contributed by atoms with Crippen LogP contribution in [0.25, 0.3) is 0 Å². The Balaban J connectivity index is 2.55. The zero-order valence-electron chi connectivity index (χ0n) is 10.6. The lowest BCUT2D eigenvalue weighted by molar-refractivity contribution is 0.149. The third-order valence-corrected chi connectivity index (χ3v) is 3.19. The number of nitrogens with two attached hydrogens (primary N) is 2. The molecule has 1 aromatic rings. The Bertz CT molecular complexity index is 529. The van der Waals surface area contributed by atoms with Crippen molar-refractivity contribution in [3.8, 4) is 0 Å². The largest absolute Gasteiger partial charge is 0.399 e. The molecule has 5 N–H and O–H groups in total. The summed E-state index contributed by atoms with van der Waals surface area (Å²) in [7, 11) is -3.75. The summed E-state index contributed by atoms with van der Waals surface area (Å²) >= 11 is 0. The summed E-state index contributed by atoms with van der Waals surface area (Å²) in [6.45, 7) is 5.26. The topological polar surface area (TPSA) is 107 Å². The SMILES string of the molecule is C=CCCOCCNc1cc(N)cc(S(N)(=O)=O)c1. The molecule has 0 fully saturated rings. The van der Waals surface area contributed by atoms with Crippen molar-refractivity contribution < 1.29 is 13.2 Å². The van der Waals surface area contributed by atoms with Crippen molar-refractivity contribution in [3.05, 3.63) is 30.9 Å². The van der Waals surface area contributed by atoms with Crippen molar-refractivity contribution in [2.24, 2.45) is 5.14 Å².